The van der Waals surface area contributed by atoms with Crippen LogP contribution in [0.5, 0.6) is 0 Å². The molecule has 1 saturated heterocycles. The van der Waals surface area contributed by atoms with Crippen LogP contribution in [0.2, 0.25) is 5.02 Å². The summed E-state index contributed by atoms with van der Waals surface area (Å²) in [5, 5.41) is 0.698. The number of carbonyl (C=O) groups excluding carboxylic acids is 1. The molecule has 2 rings (SSSR count). The molecule has 24 heavy (non-hydrogen) atoms. The van der Waals surface area contributed by atoms with E-state index in [1.165, 1.54) is 0 Å². The molecule has 1 aliphatic heterocycles. The highest BCUT2D eigenvalue weighted by atomic mass is 35.5. The Kier molecular flexibility index (Phi) is 7.44. The van der Waals surface area contributed by atoms with Crippen molar-refractivity contribution in [1.82, 2.24) is 4.90 Å². The van der Waals surface area contributed by atoms with Crippen LogP contribution in [-0.4, -0.2) is 49.1 Å². The molecule has 1 fully saturated rings. The smallest absolute Gasteiger partial charge is 0.223 e. The van der Waals surface area contributed by atoms with Crippen molar-refractivity contribution in [1.29, 1.82) is 0 Å². The second kappa shape index (κ2) is 9.11. The molecular formula is C17H24ClNO3S2. The number of nitrogens with zero attached hydrogens (tertiary/aromatic N) is 1. The van der Waals surface area contributed by atoms with Gasteiger partial charge in [-0.25, -0.2) is 8.42 Å². The molecule has 4 nitrogen and oxygen atoms in total. The zero-order valence-corrected chi connectivity index (χ0v) is 16.3. The first-order chi connectivity index (χ1) is 11.4. The van der Waals surface area contributed by atoms with Gasteiger partial charge in [0, 0.05) is 34.7 Å². The summed E-state index contributed by atoms with van der Waals surface area (Å²) in [6, 6.07) is 7.41. The topological polar surface area (TPSA) is 54.5 Å². The summed E-state index contributed by atoms with van der Waals surface area (Å²) in [5.74, 6) is 1.06. The van der Waals surface area contributed by atoms with Gasteiger partial charge in [0.1, 0.15) is 0 Å². The van der Waals surface area contributed by atoms with Crippen LogP contribution in [0.1, 0.15) is 32.6 Å². The Morgan fingerprint density at radius 2 is 2.04 bits per heavy atom. The number of sulfone groups is 1. The molecule has 1 aliphatic rings. The third-order valence-corrected chi connectivity index (χ3v) is 7.14. The first kappa shape index (κ1) is 19.6. The summed E-state index contributed by atoms with van der Waals surface area (Å²) in [5.41, 5.74) is 0. The maximum Gasteiger partial charge on any atom is 0.223 e. The fourth-order valence-corrected chi connectivity index (χ4v) is 5.49. The van der Waals surface area contributed by atoms with E-state index >= 15 is 0 Å². The van der Waals surface area contributed by atoms with Gasteiger partial charge >= 0.3 is 0 Å². The van der Waals surface area contributed by atoms with Crippen molar-refractivity contribution >= 4 is 39.1 Å². The number of hydrogen-bond acceptors (Lipinski definition) is 4. The Morgan fingerprint density at radius 3 is 2.62 bits per heavy atom. The average molecular weight is 390 g/mol. The molecule has 7 heteroatoms. The van der Waals surface area contributed by atoms with Crippen LogP contribution in [-0.2, 0) is 14.6 Å². The molecule has 0 bridgehead atoms. The van der Waals surface area contributed by atoms with Gasteiger partial charge in [0.15, 0.2) is 9.84 Å². The molecule has 134 valence electrons. The minimum absolute atomic E-state index is 0.0620. The summed E-state index contributed by atoms with van der Waals surface area (Å²) < 4.78 is 23.4. The van der Waals surface area contributed by atoms with Gasteiger partial charge in [-0.05, 0) is 37.1 Å². The Bertz CT molecular complexity index is 646. The standard InChI is InChI=1S/C17H24ClNO3S2/c1-2-3-10-19(15-9-12-24(21,22)13-15)17(20)8-11-23-16-6-4-14(18)5-7-16/h4-7,15H,2-3,8-13H2,1H3. The monoisotopic (exact) mass is 389 g/mol. The molecule has 1 amide bonds. The van der Waals surface area contributed by atoms with Gasteiger partial charge in [-0.2, -0.15) is 0 Å². The molecule has 0 saturated carbocycles. The van der Waals surface area contributed by atoms with Crippen molar-refractivity contribution < 1.29 is 13.2 Å². The highest BCUT2D eigenvalue weighted by Crippen LogP contribution is 2.23. The second-order valence-electron chi connectivity index (χ2n) is 6.05. The molecule has 1 unspecified atom stereocenters. The van der Waals surface area contributed by atoms with Crippen LogP contribution in [0.4, 0.5) is 0 Å². The third-order valence-electron chi connectivity index (χ3n) is 4.12. The molecule has 1 atom stereocenters. The SMILES string of the molecule is CCCCN(C(=O)CCSc1ccc(Cl)cc1)C1CCS(=O)(=O)C1. The van der Waals surface area contributed by atoms with Gasteiger partial charge in [0.2, 0.25) is 5.91 Å². The van der Waals surface area contributed by atoms with Crippen molar-refractivity contribution in [3.8, 4) is 0 Å². The molecule has 1 aromatic carbocycles. The van der Waals surface area contributed by atoms with Gasteiger partial charge in [-0.15, -0.1) is 11.8 Å². The number of carbonyl (C=O) groups is 1. The van der Waals surface area contributed by atoms with E-state index in [1.807, 2.05) is 24.3 Å². The minimum Gasteiger partial charge on any atom is -0.339 e. The molecule has 0 aromatic heterocycles. The quantitative estimate of drug-likeness (QED) is 0.637. The van der Waals surface area contributed by atoms with Crippen molar-refractivity contribution in [2.24, 2.45) is 0 Å². The van der Waals surface area contributed by atoms with E-state index in [0.29, 0.717) is 30.2 Å². The Balaban J connectivity index is 1.88. The first-order valence-corrected chi connectivity index (χ1v) is 11.5. The average Bonchev–Trinajstić information content (AvgIpc) is 2.89. The zero-order valence-electron chi connectivity index (χ0n) is 13.9. The van der Waals surface area contributed by atoms with E-state index in [0.717, 1.165) is 17.7 Å². The van der Waals surface area contributed by atoms with Crippen LogP contribution in [0.3, 0.4) is 0 Å². The maximum atomic E-state index is 12.6. The van der Waals surface area contributed by atoms with Crippen LogP contribution in [0.15, 0.2) is 29.2 Å². The molecule has 1 aromatic rings. The molecule has 0 spiro atoms. The van der Waals surface area contributed by atoms with E-state index in [2.05, 4.69) is 6.92 Å². The molecule has 0 radical (unpaired) electrons. The maximum absolute atomic E-state index is 12.6. The van der Waals surface area contributed by atoms with Crippen molar-refractivity contribution in [3.05, 3.63) is 29.3 Å². The summed E-state index contributed by atoms with van der Waals surface area (Å²) in [6.45, 7) is 2.73. The lowest BCUT2D eigenvalue weighted by atomic mass is 10.2. The third kappa shape index (κ3) is 5.97. The number of halogens is 1. The van der Waals surface area contributed by atoms with Crippen molar-refractivity contribution in [2.75, 3.05) is 23.8 Å². The van der Waals surface area contributed by atoms with E-state index in [-0.39, 0.29) is 23.5 Å². The summed E-state index contributed by atoms with van der Waals surface area (Å²) in [6.07, 6.45) is 2.89. The predicted molar refractivity (Wildman–Crippen MR) is 100 cm³/mol. The van der Waals surface area contributed by atoms with E-state index in [9.17, 15) is 13.2 Å². The van der Waals surface area contributed by atoms with Gasteiger partial charge in [-0.3, -0.25) is 4.79 Å². The number of rotatable bonds is 8. The lowest BCUT2D eigenvalue weighted by Gasteiger charge is -2.28. The lowest BCUT2D eigenvalue weighted by molar-refractivity contribution is -0.132. The minimum atomic E-state index is -2.98. The zero-order chi connectivity index (χ0) is 17.6. The van der Waals surface area contributed by atoms with Crippen LogP contribution >= 0.6 is 23.4 Å². The summed E-state index contributed by atoms with van der Waals surface area (Å²) in [7, 11) is -2.98. The van der Waals surface area contributed by atoms with E-state index in [4.69, 9.17) is 11.6 Å². The number of benzene rings is 1. The largest absolute Gasteiger partial charge is 0.339 e. The number of unbranched alkanes of at least 4 members (excludes halogenated alkanes) is 1. The predicted octanol–water partition coefficient (Wildman–Crippen LogP) is 3.64. The Labute approximate surface area is 153 Å². The number of hydrogen-bond donors (Lipinski definition) is 0. The fourth-order valence-electron chi connectivity index (χ4n) is 2.79. The number of thioether (sulfide) groups is 1. The lowest BCUT2D eigenvalue weighted by Crippen LogP contribution is -2.41. The molecular weight excluding hydrogens is 366 g/mol. The van der Waals surface area contributed by atoms with Crippen molar-refractivity contribution in [3.63, 3.8) is 0 Å². The van der Waals surface area contributed by atoms with Crippen molar-refractivity contribution in [2.45, 2.75) is 43.5 Å². The first-order valence-electron chi connectivity index (χ1n) is 8.29. The van der Waals surface area contributed by atoms with E-state index < -0.39 is 9.84 Å². The van der Waals surface area contributed by atoms with Gasteiger partial charge < -0.3 is 4.90 Å². The van der Waals surface area contributed by atoms with Gasteiger partial charge in [0.05, 0.1) is 11.5 Å². The molecule has 1 heterocycles. The van der Waals surface area contributed by atoms with Crippen LogP contribution in [0, 0.1) is 0 Å². The fraction of sp³-hybridized carbons (Fsp3) is 0.588. The van der Waals surface area contributed by atoms with Gasteiger partial charge in [-0.1, -0.05) is 24.9 Å². The highest BCUT2D eigenvalue weighted by molar-refractivity contribution is 7.99. The van der Waals surface area contributed by atoms with E-state index in [1.54, 1.807) is 16.7 Å². The highest BCUT2D eigenvalue weighted by Gasteiger charge is 2.34. The normalized spacial score (nSPS) is 19.3. The Hall–Kier alpha value is -0.720. The Morgan fingerprint density at radius 1 is 1.33 bits per heavy atom. The van der Waals surface area contributed by atoms with Crippen LogP contribution < -0.4 is 0 Å². The summed E-state index contributed by atoms with van der Waals surface area (Å²) >= 11 is 7.48. The second-order valence-corrected chi connectivity index (χ2v) is 9.88. The summed E-state index contributed by atoms with van der Waals surface area (Å²) in [4.78, 5) is 15.5. The molecule has 0 aliphatic carbocycles. The van der Waals surface area contributed by atoms with Gasteiger partial charge in [0.25, 0.3) is 0 Å². The van der Waals surface area contributed by atoms with Crippen LogP contribution in [0.25, 0.3) is 0 Å². The number of amides is 1. The molecule has 0 N–H and O–H groups in total.